The Morgan fingerprint density at radius 1 is 1.27 bits per heavy atom. The van der Waals surface area contributed by atoms with Crippen molar-refractivity contribution >= 4 is 29.8 Å². The van der Waals surface area contributed by atoms with Gasteiger partial charge in [-0.15, -0.1) is 0 Å². The van der Waals surface area contributed by atoms with Crippen LogP contribution in [-0.4, -0.2) is 77.5 Å². The van der Waals surface area contributed by atoms with Gasteiger partial charge in [0.15, 0.2) is 5.96 Å². The molecule has 4 amide bonds. The second kappa shape index (κ2) is 9.77. The van der Waals surface area contributed by atoms with E-state index in [1.807, 2.05) is 0 Å². The first-order chi connectivity index (χ1) is 14.3. The topological polar surface area (TPSA) is 152 Å². The predicted octanol–water partition coefficient (Wildman–Crippen LogP) is -0.616. The van der Waals surface area contributed by atoms with E-state index in [1.54, 1.807) is 0 Å². The molecule has 3 aliphatic rings. The van der Waals surface area contributed by atoms with E-state index < -0.39 is 42.3 Å². The van der Waals surface area contributed by atoms with Crippen LogP contribution < -0.4 is 21.3 Å². The highest BCUT2D eigenvalue weighted by molar-refractivity contribution is 6.06. The van der Waals surface area contributed by atoms with Crippen LogP contribution in [0.15, 0.2) is 4.99 Å². The molecule has 0 spiro atoms. The van der Waals surface area contributed by atoms with Gasteiger partial charge >= 0.3 is 12.0 Å². The van der Waals surface area contributed by atoms with Crippen molar-refractivity contribution < 1.29 is 24.3 Å². The number of hydrogen-bond acceptors (Lipinski definition) is 7. The maximum Gasteiger partial charge on any atom is 0.325 e. The van der Waals surface area contributed by atoms with Gasteiger partial charge in [0.05, 0.1) is 18.0 Å². The lowest BCUT2D eigenvalue weighted by Crippen LogP contribution is -2.43. The van der Waals surface area contributed by atoms with Gasteiger partial charge in [0.25, 0.3) is 5.91 Å². The Morgan fingerprint density at radius 3 is 2.77 bits per heavy atom. The number of aliphatic carboxylic acids is 1. The van der Waals surface area contributed by atoms with Crippen LogP contribution >= 0.6 is 0 Å². The zero-order valence-corrected chi connectivity index (χ0v) is 17.1. The second-order valence-electron chi connectivity index (χ2n) is 8.12. The summed E-state index contributed by atoms with van der Waals surface area (Å²) in [5.74, 6) is -1.98. The molecule has 1 saturated heterocycles. The number of nitrogens with one attached hydrogen (secondary N) is 4. The Labute approximate surface area is 175 Å². The highest BCUT2D eigenvalue weighted by Crippen LogP contribution is 2.24. The van der Waals surface area contributed by atoms with E-state index in [-0.39, 0.29) is 6.54 Å². The molecule has 30 heavy (non-hydrogen) atoms. The molecule has 11 heteroatoms. The van der Waals surface area contributed by atoms with Gasteiger partial charge in [-0.2, -0.15) is 0 Å². The summed E-state index contributed by atoms with van der Waals surface area (Å²) in [4.78, 5) is 52.7. The number of carboxylic acids is 1. The third kappa shape index (κ3) is 5.39. The number of carbonyl (C=O) groups is 4. The largest absolute Gasteiger partial charge is 0.481 e. The van der Waals surface area contributed by atoms with Gasteiger partial charge in [-0.25, -0.2) is 9.79 Å². The molecule has 0 unspecified atom stereocenters. The molecule has 0 aromatic carbocycles. The SMILES string of the molecule is C[C@@H](CNC(=O)CN1C(=O)N[C@@H](CCCNC2=N[C@H]3CCCC[C@H]3N2)C1=O)C(=O)O. The predicted molar refractivity (Wildman–Crippen MR) is 108 cm³/mol. The lowest BCUT2D eigenvalue weighted by atomic mass is 9.92. The number of nitrogens with zero attached hydrogens (tertiary/aromatic N) is 2. The molecule has 0 aromatic heterocycles. The van der Waals surface area contributed by atoms with E-state index in [1.165, 1.54) is 19.8 Å². The smallest absolute Gasteiger partial charge is 0.325 e. The van der Waals surface area contributed by atoms with Crippen LogP contribution in [0.3, 0.4) is 0 Å². The van der Waals surface area contributed by atoms with Gasteiger partial charge in [-0.05, 0) is 25.7 Å². The number of rotatable bonds is 9. The molecule has 1 saturated carbocycles. The van der Waals surface area contributed by atoms with Gasteiger partial charge in [0, 0.05) is 13.1 Å². The average Bonchev–Trinajstić information content (AvgIpc) is 3.24. The average molecular weight is 422 g/mol. The highest BCUT2D eigenvalue weighted by Gasteiger charge is 2.38. The molecule has 2 aliphatic heterocycles. The summed E-state index contributed by atoms with van der Waals surface area (Å²) in [7, 11) is 0. The van der Waals surface area contributed by atoms with Crippen molar-refractivity contribution in [1.29, 1.82) is 0 Å². The highest BCUT2D eigenvalue weighted by atomic mass is 16.4. The van der Waals surface area contributed by atoms with Gasteiger partial charge in [0.2, 0.25) is 5.91 Å². The zero-order valence-electron chi connectivity index (χ0n) is 17.1. The fourth-order valence-corrected chi connectivity index (χ4v) is 3.90. The molecular weight excluding hydrogens is 392 g/mol. The second-order valence-corrected chi connectivity index (χ2v) is 8.12. The molecule has 5 N–H and O–H groups in total. The molecule has 2 fully saturated rings. The monoisotopic (exact) mass is 422 g/mol. The molecule has 2 heterocycles. The number of urea groups is 1. The molecule has 166 valence electrons. The summed E-state index contributed by atoms with van der Waals surface area (Å²) < 4.78 is 0. The van der Waals surface area contributed by atoms with Gasteiger partial charge in [-0.3, -0.25) is 19.3 Å². The standard InChI is InChI=1S/C19H30N6O5/c1-11(17(28)29)9-21-15(26)10-25-16(27)14(24-19(25)30)7-4-8-20-18-22-12-5-2-3-6-13(12)23-18/h11-14H,2-10H2,1H3,(H,21,26)(H,24,30)(H,28,29)(H2,20,22,23)/t11-,12-,13+,14-/m0/s1. The number of imide groups is 1. The van der Waals surface area contributed by atoms with Crippen LogP contribution in [-0.2, 0) is 14.4 Å². The summed E-state index contributed by atoms with van der Waals surface area (Å²) in [6, 6.07) is -0.485. The van der Waals surface area contributed by atoms with Crippen LogP contribution in [0.2, 0.25) is 0 Å². The third-order valence-corrected chi connectivity index (χ3v) is 5.74. The van der Waals surface area contributed by atoms with Crippen molar-refractivity contribution in [3.8, 4) is 0 Å². The molecule has 3 rings (SSSR count). The van der Waals surface area contributed by atoms with Crippen LogP contribution in [0.1, 0.15) is 45.4 Å². The van der Waals surface area contributed by atoms with E-state index in [0.29, 0.717) is 31.5 Å². The summed E-state index contributed by atoms with van der Waals surface area (Å²) in [6.07, 6.45) is 5.81. The minimum atomic E-state index is -1.03. The Balaban J connectivity index is 1.36. The molecule has 0 radical (unpaired) electrons. The van der Waals surface area contributed by atoms with Crippen molar-refractivity contribution in [3.05, 3.63) is 0 Å². The molecular formula is C19H30N6O5. The Hall–Kier alpha value is -2.85. The minimum absolute atomic E-state index is 0.0629. The molecule has 0 bridgehead atoms. The van der Waals surface area contributed by atoms with Crippen molar-refractivity contribution in [2.24, 2.45) is 10.9 Å². The van der Waals surface area contributed by atoms with Gasteiger partial charge in [-0.1, -0.05) is 19.8 Å². The summed E-state index contributed by atoms with van der Waals surface area (Å²) in [6.45, 7) is 1.60. The normalized spacial score (nSPS) is 26.4. The Bertz CT molecular complexity index is 726. The number of fused-ring (bicyclic) bond motifs is 1. The van der Waals surface area contributed by atoms with Crippen molar-refractivity contribution in [2.45, 2.75) is 63.6 Å². The first-order valence-corrected chi connectivity index (χ1v) is 10.5. The minimum Gasteiger partial charge on any atom is -0.481 e. The number of hydrogen-bond donors (Lipinski definition) is 5. The lowest BCUT2D eigenvalue weighted by Gasteiger charge is -2.23. The van der Waals surface area contributed by atoms with E-state index in [4.69, 9.17) is 5.11 Å². The lowest BCUT2D eigenvalue weighted by molar-refractivity contribution is -0.141. The van der Waals surface area contributed by atoms with E-state index in [0.717, 1.165) is 23.7 Å². The molecule has 11 nitrogen and oxygen atoms in total. The fourth-order valence-electron chi connectivity index (χ4n) is 3.90. The van der Waals surface area contributed by atoms with E-state index in [2.05, 4.69) is 26.3 Å². The first kappa shape index (κ1) is 21.8. The summed E-state index contributed by atoms with van der Waals surface area (Å²) in [5.41, 5.74) is 0. The van der Waals surface area contributed by atoms with Crippen molar-refractivity contribution in [3.63, 3.8) is 0 Å². The van der Waals surface area contributed by atoms with Crippen molar-refractivity contribution in [2.75, 3.05) is 19.6 Å². The van der Waals surface area contributed by atoms with Crippen molar-refractivity contribution in [1.82, 2.24) is 26.2 Å². The quantitative estimate of drug-likeness (QED) is 0.245. The number of guanidine groups is 1. The Kier molecular flexibility index (Phi) is 7.11. The van der Waals surface area contributed by atoms with Crippen LogP contribution in [0.5, 0.6) is 0 Å². The summed E-state index contributed by atoms with van der Waals surface area (Å²) in [5, 5.41) is 20.5. The van der Waals surface area contributed by atoms with Crippen LogP contribution in [0, 0.1) is 5.92 Å². The first-order valence-electron chi connectivity index (χ1n) is 10.5. The maximum absolute atomic E-state index is 12.4. The molecule has 0 aromatic rings. The summed E-state index contributed by atoms with van der Waals surface area (Å²) >= 11 is 0. The number of aliphatic imine (C=N–C) groups is 1. The third-order valence-electron chi connectivity index (χ3n) is 5.74. The van der Waals surface area contributed by atoms with Crippen LogP contribution in [0.25, 0.3) is 0 Å². The fraction of sp³-hybridized carbons (Fsp3) is 0.737. The molecule has 4 atom stereocenters. The zero-order chi connectivity index (χ0) is 21.7. The number of amides is 4. The molecule has 1 aliphatic carbocycles. The van der Waals surface area contributed by atoms with E-state index in [9.17, 15) is 19.2 Å². The number of carboxylic acid groups (broad SMARTS) is 1. The van der Waals surface area contributed by atoms with E-state index >= 15 is 0 Å². The van der Waals surface area contributed by atoms with Gasteiger partial charge < -0.3 is 26.4 Å². The van der Waals surface area contributed by atoms with Gasteiger partial charge in [0.1, 0.15) is 12.6 Å². The number of carbonyl (C=O) groups excluding carboxylic acids is 3. The van der Waals surface area contributed by atoms with Crippen LogP contribution in [0.4, 0.5) is 4.79 Å². The maximum atomic E-state index is 12.4. The Morgan fingerprint density at radius 2 is 2.03 bits per heavy atom.